The van der Waals surface area contributed by atoms with Gasteiger partial charge in [0.1, 0.15) is 6.04 Å². The second kappa shape index (κ2) is 6.02. The van der Waals surface area contributed by atoms with Gasteiger partial charge in [0.05, 0.1) is 22.3 Å². The van der Waals surface area contributed by atoms with Gasteiger partial charge < -0.3 is 15.3 Å². The minimum Gasteiger partial charge on any atom is -0.480 e. The molecule has 1 fully saturated rings. The number of hydrogen-bond donors (Lipinski definition) is 2. The van der Waals surface area contributed by atoms with E-state index in [4.69, 9.17) is 16.9 Å². The zero-order valence-electron chi connectivity index (χ0n) is 11.3. The van der Waals surface area contributed by atoms with Gasteiger partial charge in [-0.3, -0.25) is 0 Å². The van der Waals surface area contributed by atoms with Crippen molar-refractivity contribution in [2.75, 3.05) is 11.9 Å². The van der Waals surface area contributed by atoms with Crippen molar-refractivity contribution in [3.63, 3.8) is 0 Å². The van der Waals surface area contributed by atoms with Gasteiger partial charge in [0.15, 0.2) is 0 Å². The number of carbonyl (C=O) groups is 2. The summed E-state index contributed by atoms with van der Waals surface area (Å²) in [7, 11) is 0. The summed E-state index contributed by atoms with van der Waals surface area (Å²) in [6.07, 6.45) is 0.644. The molecule has 1 saturated heterocycles. The van der Waals surface area contributed by atoms with E-state index in [1.165, 1.54) is 23.1 Å². The molecule has 2 unspecified atom stereocenters. The number of hydrogen-bond acceptors (Lipinski definition) is 3. The number of anilines is 1. The van der Waals surface area contributed by atoms with E-state index in [1.807, 2.05) is 6.07 Å². The first-order chi connectivity index (χ1) is 9.93. The van der Waals surface area contributed by atoms with Crippen LogP contribution in [0.1, 0.15) is 18.9 Å². The Bertz CT molecular complexity index is 626. The van der Waals surface area contributed by atoms with Crippen molar-refractivity contribution in [1.82, 2.24) is 4.90 Å². The van der Waals surface area contributed by atoms with Crippen molar-refractivity contribution in [2.24, 2.45) is 5.92 Å². The topological polar surface area (TPSA) is 93.4 Å². The molecule has 1 aliphatic rings. The fourth-order valence-corrected chi connectivity index (χ4v) is 2.65. The first-order valence-corrected chi connectivity index (χ1v) is 6.82. The van der Waals surface area contributed by atoms with Crippen LogP contribution in [0, 0.1) is 17.2 Å². The lowest BCUT2D eigenvalue weighted by atomic mass is 10.0. The highest BCUT2D eigenvalue weighted by Gasteiger charge is 2.39. The summed E-state index contributed by atoms with van der Waals surface area (Å²) in [4.78, 5) is 24.7. The number of benzene rings is 1. The Morgan fingerprint density at radius 3 is 2.81 bits per heavy atom. The second-order valence-electron chi connectivity index (χ2n) is 4.98. The van der Waals surface area contributed by atoms with Crippen LogP contribution in [0.3, 0.4) is 0 Å². The first kappa shape index (κ1) is 15.1. The third kappa shape index (κ3) is 3.09. The third-order valence-corrected chi connectivity index (χ3v) is 3.87. The molecule has 1 aromatic carbocycles. The number of aliphatic carboxylic acids is 1. The Balaban J connectivity index is 2.15. The maximum absolute atomic E-state index is 12.2. The van der Waals surface area contributed by atoms with Crippen LogP contribution in [-0.4, -0.2) is 34.6 Å². The zero-order valence-corrected chi connectivity index (χ0v) is 12.1. The van der Waals surface area contributed by atoms with Gasteiger partial charge >= 0.3 is 12.0 Å². The SMILES string of the molecule is CC1CCN(C(=O)Nc2ccc(C#N)cc2Cl)C1C(=O)O. The highest BCUT2D eigenvalue weighted by molar-refractivity contribution is 6.33. The van der Waals surface area contributed by atoms with E-state index in [9.17, 15) is 14.7 Å². The number of nitrogens with zero attached hydrogens (tertiary/aromatic N) is 2. The molecule has 0 saturated carbocycles. The highest BCUT2D eigenvalue weighted by Crippen LogP contribution is 2.27. The average Bonchev–Trinajstić information content (AvgIpc) is 2.83. The smallest absolute Gasteiger partial charge is 0.326 e. The van der Waals surface area contributed by atoms with E-state index in [-0.39, 0.29) is 10.9 Å². The Hall–Kier alpha value is -2.26. The summed E-state index contributed by atoms with van der Waals surface area (Å²) in [6.45, 7) is 2.19. The van der Waals surface area contributed by atoms with Crippen LogP contribution in [-0.2, 0) is 4.79 Å². The first-order valence-electron chi connectivity index (χ1n) is 6.44. The number of halogens is 1. The lowest BCUT2D eigenvalue weighted by molar-refractivity contribution is -0.142. The van der Waals surface area contributed by atoms with Crippen LogP contribution in [0.25, 0.3) is 0 Å². The Labute approximate surface area is 126 Å². The molecule has 2 N–H and O–H groups in total. The van der Waals surface area contributed by atoms with E-state index < -0.39 is 18.0 Å². The highest BCUT2D eigenvalue weighted by atomic mass is 35.5. The minimum absolute atomic E-state index is 0.0929. The van der Waals surface area contributed by atoms with Gasteiger partial charge in [0.25, 0.3) is 0 Å². The van der Waals surface area contributed by atoms with Crippen molar-refractivity contribution in [1.29, 1.82) is 5.26 Å². The van der Waals surface area contributed by atoms with Gasteiger partial charge in [-0.1, -0.05) is 18.5 Å². The van der Waals surface area contributed by atoms with Crippen LogP contribution in [0.15, 0.2) is 18.2 Å². The van der Waals surface area contributed by atoms with Crippen molar-refractivity contribution in [2.45, 2.75) is 19.4 Å². The zero-order chi connectivity index (χ0) is 15.6. The van der Waals surface area contributed by atoms with E-state index in [1.54, 1.807) is 6.92 Å². The molecular weight excluding hydrogens is 294 g/mol. The molecule has 6 nitrogen and oxygen atoms in total. The van der Waals surface area contributed by atoms with E-state index >= 15 is 0 Å². The van der Waals surface area contributed by atoms with Crippen LogP contribution in [0.2, 0.25) is 5.02 Å². The number of carboxylic acid groups (broad SMARTS) is 1. The molecule has 1 aromatic rings. The maximum Gasteiger partial charge on any atom is 0.326 e. The Morgan fingerprint density at radius 2 is 2.24 bits per heavy atom. The number of nitriles is 1. The predicted octanol–water partition coefficient (Wildman–Crippen LogP) is 2.54. The molecule has 0 aliphatic carbocycles. The predicted molar refractivity (Wildman–Crippen MR) is 77.1 cm³/mol. The summed E-state index contributed by atoms with van der Waals surface area (Å²) >= 11 is 5.99. The van der Waals surface area contributed by atoms with E-state index in [2.05, 4.69) is 5.32 Å². The molecule has 0 radical (unpaired) electrons. The summed E-state index contributed by atoms with van der Waals surface area (Å²) in [5.74, 6) is -1.11. The fraction of sp³-hybridized carbons (Fsp3) is 0.357. The molecular formula is C14H14ClN3O3. The van der Waals surface area contributed by atoms with Gasteiger partial charge in [-0.15, -0.1) is 0 Å². The van der Waals surface area contributed by atoms with E-state index in [0.717, 1.165) is 0 Å². The van der Waals surface area contributed by atoms with Crippen molar-refractivity contribution in [3.05, 3.63) is 28.8 Å². The molecule has 0 spiro atoms. The molecule has 1 aliphatic heterocycles. The lowest BCUT2D eigenvalue weighted by Gasteiger charge is -2.23. The molecule has 2 amide bonds. The number of urea groups is 1. The van der Waals surface area contributed by atoms with Crippen LogP contribution in [0.4, 0.5) is 10.5 Å². The number of likely N-dealkylation sites (tertiary alicyclic amines) is 1. The van der Waals surface area contributed by atoms with Crippen LogP contribution in [0.5, 0.6) is 0 Å². The maximum atomic E-state index is 12.2. The molecule has 0 bridgehead atoms. The molecule has 0 aromatic heterocycles. The van der Waals surface area contributed by atoms with Gasteiger partial charge in [-0.25, -0.2) is 9.59 Å². The Kier molecular flexibility index (Phi) is 4.34. The van der Waals surface area contributed by atoms with E-state index in [0.29, 0.717) is 24.2 Å². The van der Waals surface area contributed by atoms with Crippen LogP contribution < -0.4 is 5.32 Å². The minimum atomic E-state index is -1.01. The number of amides is 2. The summed E-state index contributed by atoms with van der Waals surface area (Å²) < 4.78 is 0. The van der Waals surface area contributed by atoms with Crippen LogP contribution >= 0.6 is 11.6 Å². The fourth-order valence-electron chi connectivity index (χ4n) is 2.42. The van der Waals surface area contributed by atoms with Gasteiger partial charge in [0, 0.05) is 6.54 Å². The van der Waals surface area contributed by atoms with Gasteiger partial charge in [0.2, 0.25) is 0 Å². The number of carbonyl (C=O) groups excluding carboxylic acids is 1. The normalized spacial score (nSPS) is 20.9. The molecule has 7 heteroatoms. The molecule has 1 heterocycles. The monoisotopic (exact) mass is 307 g/mol. The summed E-state index contributed by atoms with van der Waals surface area (Å²) in [5.41, 5.74) is 0.737. The van der Waals surface area contributed by atoms with Crippen molar-refractivity contribution >= 4 is 29.3 Å². The molecule has 21 heavy (non-hydrogen) atoms. The summed E-state index contributed by atoms with van der Waals surface area (Å²) in [6, 6.07) is 5.11. The molecule has 110 valence electrons. The standard InChI is InChI=1S/C14H14ClN3O3/c1-8-4-5-18(12(8)13(19)20)14(21)17-11-3-2-9(7-16)6-10(11)15/h2-3,6,8,12H,4-5H2,1H3,(H,17,21)(H,19,20). The largest absolute Gasteiger partial charge is 0.480 e. The average molecular weight is 308 g/mol. The Morgan fingerprint density at radius 1 is 1.52 bits per heavy atom. The molecule has 2 rings (SSSR count). The lowest BCUT2D eigenvalue weighted by Crippen LogP contribution is -2.44. The number of rotatable bonds is 2. The van der Waals surface area contributed by atoms with Gasteiger partial charge in [-0.05, 0) is 30.5 Å². The summed E-state index contributed by atoms with van der Waals surface area (Å²) in [5, 5.41) is 20.8. The van der Waals surface area contributed by atoms with Crippen molar-refractivity contribution in [3.8, 4) is 6.07 Å². The third-order valence-electron chi connectivity index (χ3n) is 3.55. The van der Waals surface area contributed by atoms with Crippen molar-refractivity contribution < 1.29 is 14.7 Å². The number of carboxylic acids is 1. The van der Waals surface area contributed by atoms with Gasteiger partial charge in [-0.2, -0.15) is 5.26 Å². The quantitative estimate of drug-likeness (QED) is 0.878. The second-order valence-corrected chi connectivity index (χ2v) is 5.39. The molecule has 2 atom stereocenters. The number of nitrogens with one attached hydrogen (secondary N) is 1.